The van der Waals surface area contributed by atoms with Crippen molar-refractivity contribution < 1.29 is 4.42 Å². The Labute approximate surface area is 293 Å². The smallest absolute Gasteiger partial charge is 0.162 e. The van der Waals surface area contributed by atoms with Crippen LogP contribution in [-0.4, -0.2) is 41.4 Å². The number of furan rings is 1. The summed E-state index contributed by atoms with van der Waals surface area (Å²) >= 11 is 0. The Morgan fingerprint density at radius 2 is 0.882 bits per heavy atom. The average Bonchev–Trinajstić information content (AvgIpc) is 3.64. The van der Waals surface area contributed by atoms with Gasteiger partial charge in [-0.15, -0.1) is 0 Å². The van der Waals surface area contributed by atoms with Crippen molar-refractivity contribution in [2.45, 2.75) is 0 Å². The summed E-state index contributed by atoms with van der Waals surface area (Å²) in [6, 6.07) is 19.9. The van der Waals surface area contributed by atoms with E-state index in [0.29, 0.717) is 32.8 Å². The lowest BCUT2D eigenvalue weighted by Gasteiger charge is -2.15. The molecule has 6 aromatic rings. The van der Waals surface area contributed by atoms with E-state index >= 15 is 0 Å². The average molecular weight is 638 g/mol. The molecule has 6 rings (SSSR count). The largest absolute Gasteiger partial charge is 0.462 e. The molecule has 15 heteroatoms. The minimum atomic E-state index is -0.305. The van der Waals surface area contributed by atoms with Gasteiger partial charge in [-0.2, -0.15) is 42.1 Å². The van der Waals surface area contributed by atoms with Gasteiger partial charge in [0.15, 0.2) is 5.58 Å². The lowest BCUT2D eigenvalue weighted by molar-refractivity contribution is 0.618. The molecule has 0 spiro atoms. The van der Waals surface area contributed by atoms with Gasteiger partial charge in [0.25, 0.3) is 0 Å². The van der Waals surface area contributed by atoms with E-state index in [9.17, 15) is 42.1 Å². The van der Waals surface area contributed by atoms with Crippen LogP contribution in [0.15, 0.2) is 41.3 Å². The molecule has 3 aromatic heterocycles. The Bertz CT molecular complexity index is 2840. The Hall–Kier alpha value is -8.06. The number of nitrogens with zero attached hydrogens (tertiary/aromatic N) is 10. The topological polar surface area (TPSA) is 229 Å². The van der Waals surface area contributed by atoms with E-state index in [-0.39, 0.29) is 87.9 Å². The zero-order chi connectivity index (χ0) is 36.7. The second-order valence-corrected chi connectivity index (χ2v) is 10.7. The number of benzene rings is 3. The van der Waals surface area contributed by atoms with Gasteiger partial charge in [-0.3, -0.25) is 9.97 Å². The molecular formula is C36H6B4N10O. The van der Waals surface area contributed by atoms with E-state index < -0.39 is 0 Å². The summed E-state index contributed by atoms with van der Waals surface area (Å²) in [6.45, 7) is 0. The quantitative estimate of drug-likeness (QED) is 0.171. The summed E-state index contributed by atoms with van der Waals surface area (Å²) in [5.74, 6) is 0. The first-order chi connectivity index (χ1) is 24.6. The molecule has 51 heavy (non-hydrogen) atoms. The number of hydrogen-bond acceptors (Lipinski definition) is 11. The highest BCUT2D eigenvalue weighted by molar-refractivity contribution is 6.44. The summed E-state index contributed by atoms with van der Waals surface area (Å²) in [4.78, 5) is 9.17. The lowest BCUT2D eigenvalue weighted by atomic mass is 9.72. The molecule has 0 saturated carbocycles. The van der Waals surface area contributed by atoms with Crippen LogP contribution < -0.4 is 32.3 Å². The number of pyridine rings is 2. The number of nitriles is 8. The summed E-state index contributed by atoms with van der Waals surface area (Å²) in [6.07, 6.45) is 4.10. The fourth-order valence-corrected chi connectivity index (χ4v) is 6.00. The third kappa shape index (κ3) is 4.65. The Kier molecular flexibility index (Phi) is 8.07. The van der Waals surface area contributed by atoms with Gasteiger partial charge < -0.3 is 4.42 Å². The second kappa shape index (κ2) is 12.5. The van der Waals surface area contributed by atoms with Crippen LogP contribution in [0.3, 0.4) is 0 Å². The normalized spacial score (nSPS) is 11.5. The predicted molar refractivity (Wildman–Crippen MR) is 185 cm³/mol. The highest BCUT2D eigenvalue weighted by atomic mass is 16.3. The molecule has 0 aliphatic carbocycles. The molecule has 0 N–H and O–H groups in total. The van der Waals surface area contributed by atoms with E-state index in [4.69, 9.17) is 35.8 Å². The van der Waals surface area contributed by atoms with Gasteiger partial charge >= 0.3 is 0 Å². The maximum Gasteiger partial charge on any atom is 0.162 e. The second-order valence-electron chi connectivity index (χ2n) is 10.7. The minimum absolute atomic E-state index is 0.120. The molecule has 8 radical (unpaired) electrons. The van der Waals surface area contributed by atoms with Crippen LogP contribution in [-0.2, 0) is 0 Å². The fourth-order valence-electron chi connectivity index (χ4n) is 6.00. The molecule has 0 saturated heterocycles. The Morgan fingerprint density at radius 3 is 1.25 bits per heavy atom. The van der Waals surface area contributed by atoms with Crippen LogP contribution in [0.1, 0.15) is 44.5 Å². The molecular weight excluding hydrogens is 632 g/mol. The van der Waals surface area contributed by atoms with Gasteiger partial charge in [0.05, 0.1) is 81.6 Å². The van der Waals surface area contributed by atoms with Crippen LogP contribution in [0.2, 0.25) is 0 Å². The first-order valence-corrected chi connectivity index (χ1v) is 14.2. The minimum Gasteiger partial charge on any atom is -0.462 e. The van der Waals surface area contributed by atoms with Gasteiger partial charge in [0, 0.05) is 61.2 Å². The molecule has 0 amide bonds. The van der Waals surface area contributed by atoms with Crippen molar-refractivity contribution in [1.82, 2.24) is 9.97 Å². The molecule has 0 atom stereocenters. The molecule has 0 unspecified atom stereocenters. The van der Waals surface area contributed by atoms with Gasteiger partial charge in [0.2, 0.25) is 0 Å². The first kappa shape index (κ1) is 32.9. The van der Waals surface area contributed by atoms with Gasteiger partial charge in [0.1, 0.15) is 49.0 Å². The first-order valence-electron chi connectivity index (χ1n) is 14.2. The highest BCUT2D eigenvalue weighted by Crippen LogP contribution is 2.33. The van der Waals surface area contributed by atoms with Gasteiger partial charge in [-0.05, 0) is 18.2 Å². The maximum atomic E-state index is 10.4. The molecule has 0 bridgehead atoms. The summed E-state index contributed by atoms with van der Waals surface area (Å²) in [5.41, 5.74) is -2.74. The van der Waals surface area contributed by atoms with Crippen molar-refractivity contribution in [3.8, 4) is 48.6 Å². The van der Waals surface area contributed by atoms with Gasteiger partial charge in [-0.1, -0.05) is 21.9 Å². The molecule has 218 valence electrons. The molecule has 0 fully saturated rings. The molecule has 3 heterocycles. The highest BCUT2D eigenvalue weighted by Gasteiger charge is 2.24. The molecule has 0 aliphatic rings. The van der Waals surface area contributed by atoms with Crippen LogP contribution in [0.25, 0.3) is 43.9 Å². The third-order valence-corrected chi connectivity index (χ3v) is 8.33. The zero-order valence-electron chi connectivity index (χ0n) is 25.7. The van der Waals surface area contributed by atoms with Crippen molar-refractivity contribution in [3.05, 3.63) is 91.8 Å². The lowest BCUT2D eigenvalue weighted by Crippen LogP contribution is -2.30. The van der Waals surface area contributed by atoms with Gasteiger partial charge in [-0.25, -0.2) is 0 Å². The van der Waals surface area contributed by atoms with Crippen molar-refractivity contribution in [3.63, 3.8) is 0 Å². The van der Waals surface area contributed by atoms with E-state index in [1.54, 1.807) is 24.3 Å². The number of hydrogen-bond donors (Lipinski definition) is 0. The SMILES string of the molecule is [B]c1c(C#N)c([B])c(C#N)c(/C(C#N)=c2\cnc3c(c2)c2c/c(=C(\C#N)c4c(C#N)c([B])c(C#N)c([B])c4C#N)cnc2c2occc32)c1C#N. The summed E-state index contributed by atoms with van der Waals surface area (Å²) < 4.78 is 5.75. The summed E-state index contributed by atoms with van der Waals surface area (Å²) in [5, 5.41) is 81.6. The van der Waals surface area contributed by atoms with Crippen LogP contribution in [0.4, 0.5) is 0 Å². The number of aromatic nitrogens is 2. The van der Waals surface area contributed by atoms with E-state index in [2.05, 4.69) is 9.97 Å². The van der Waals surface area contributed by atoms with Crippen molar-refractivity contribution in [2.75, 3.05) is 0 Å². The Balaban J connectivity index is 1.83. The fraction of sp³-hybridized carbons (Fsp3) is 0. The monoisotopic (exact) mass is 638 g/mol. The maximum absolute atomic E-state index is 10.4. The Morgan fingerprint density at radius 1 is 0.510 bits per heavy atom. The van der Waals surface area contributed by atoms with Crippen LogP contribution >= 0.6 is 0 Å². The third-order valence-electron chi connectivity index (χ3n) is 8.33. The standard InChI is InChI=1S/C36H6B4N10O/c37-30-22(7-43)28(23(8-44)31(38)26(30)11-47)20(5-41)15-3-18-19-4-16(14-50-35(19)36-17(1-2-51-36)34(18)49-13-15)21(6-42)29-24(9-45)32(39)27(12-48)33(40)25(29)10-46/h1-4,13-14H/b20-15-,21-16-. The zero-order valence-corrected chi connectivity index (χ0v) is 25.7. The predicted octanol–water partition coefficient (Wildman–Crippen LogP) is -0.620. The molecule has 11 nitrogen and oxygen atoms in total. The van der Waals surface area contributed by atoms with E-state index in [1.165, 1.54) is 24.7 Å². The summed E-state index contributed by atoms with van der Waals surface area (Å²) in [7, 11) is 24.4. The molecule has 0 aliphatic heterocycles. The van der Waals surface area contributed by atoms with Crippen molar-refractivity contribution in [1.29, 1.82) is 42.1 Å². The number of fused-ring (bicyclic) bond motifs is 6. The van der Waals surface area contributed by atoms with Crippen LogP contribution in [0, 0.1) is 90.6 Å². The van der Waals surface area contributed by atoms with E-state index in [0.717, 1.165) is 0 Å². The molecule has 3 aromatic carbocycles. The number of rotatable bonds is 2. The van der Waals surface area contributed by atoms with E-state index in [1.807, 2.05) is 36.4 Å². The van der Waals surface area contributed by atoms with Crippen molar-refractivity contribution in [2.24, 2.45) is 0 Å². The van der Waals surface area contributed by atoms with Crippen LogP contribution in [0.5, 0.6) is 0 Å². The van der Waals surface area contributed by atoms with Crippen molar-refractivity contribution >= 4 is 97.2 Å².